The number of rotatable bonds is 1. The summed E-state index contributed by atoms with van der Waals surface area (Å²) < 4.78 is 38.7. The van der Waals surface area contributed by atoms with Gasteiger partial charge in [0.05, 0.1) is 5.52 Å². The van der Waals surface area contributed by atoms with Gasteiger partial charge in [-0.05, 0) is 11.6 Å². The molecule has 2 aromatic heterocycles. The zero-order valence-electron chi connectivity index (χ0n) is 8.12. The summed E-state index contributed by atoms with van der Waals surface area (Å²) >= 11 is 0. The summed E-state index contributed by atoms with van der Waals surface area (Å²) in [4.78, 5) is 3.31. The van der Waals surface area contributed by atoms with Gasteiger partial charge in [-0.15, -0.1) is 0 Å². The highest BCUT2D eigenvalue weighted by atomic mass is 19.4. The van der Waals surface area contributed by atoms with Gasteiger partial charge in [-0.25, -0.2) is 4.98 Å². The highest BCUT2D eigenvalue weighted by Crippen LogP contribution is 2.31. The number of imidazole rings is 1. The summed E-state index contributed by atoms with van der Waals surface area (Å²) in [5, 5.41) is 0. The number of nitrogen functional groups attached to an aromatic ring is 1. The van der Waals surface area contributed by atoms with Gasteiger partial charge >= 0.3 is 6.18 Å². The molecule has 86 valence electrons. The predicted molar refractivity (Wildman–Crippen MR) is 52.5 cm³/mol. The number of fused-ring (bicyclic) bond motifs is 1. The molecule has 0 amide bonds. The SMILES string of the molecule is NCc1ccc2c(N)nc(C(F)(F)F)n2c1. The standard InChI is InChI=1S/C9H9F3N4/c10-9(11,12)8-15-7(14)6-2-1-5(3-13)4-16(6)8/h1-2,4H,3,13-14H2. The van der Waals surface area contributed by atoms with Crippen molar-refractivity contribution in [2.24, 2.45) is 5.73 Å². The lowest BCUT2D eigenvalue weighted by Gasteiger charge is -2.05. The molecule has 0 atom stereocenters. The van der Waals surface area contributed by atoms with Crippen LogP contribution in [0, 0.1) is 0 Å². The average molecular weight is 230 g/mol. The number of nitrogens with zero attached hydrogens (tertiary/aromatic N) is 2. The second kappa shape index (κ2) is 3.38. The topological polar surface area (TPSA) is 69.3 Å². The Morgan fingerprint density at radius 1 is 1.31 bits per heavy atom. The Kier molecular flexibility index (Phi) is 2.27. The summed E-state index contributed by atoms with van der Waals surface area (Å²) in [5.74, 6) is -1.17. The molecule has 0 fully saturated rings. The number of nitrogens with two attached hydrogens (primary N) is 2. The molecule has 0 bridgehead atoms. The second-order valence-electron chi connectivity index (χ2n) is 3.32. The second-order valence-corrected chi connectivity index (χ2v) is 3.32. The maximum Gasteiger partial charge on any atom is 0.450 e. The summed E-state index contributed by atoms with van der Waals surface area (Å²) in [6.07, 6.45) is -3.24. The first-order valence-corrected chi connectivity index (χ1v) is 4.47. The van der Waals surface area contributed by atoms with Gasteiger partial charge in [0.2, 0.25) is 5.82 Å². The molecule has 0 saturated heterocycles. The van der Waals surface area contributed by atoms with Crippen LogP contribution in [0.5, 0.6) is 0 Å². The highest BCUT2D eigenvalue weighted by molar-refractivity contribution is 5.67. The van der Waals surface area contributed by atoms with Gasteiger partial charge in [0, 0.05) is 12.7 Å². The Morgan fingerprint density at radius 3 is 2.56 bits per heavy atom. The number of alkyl halides is 3. The van der Waals surface area contributed by atoms with Crippen molar-refractivity contribution in [3.05, 3.63) is 29.7 Å². The van der Waals surface area contributed by atoms with Gasteiger partial charge in [-0.1, -0.05) is 6.07 Å². The molecule has 7 heteroatoms. The molecule has 0 aliphatic carbocycles. The Hall–Kier alpha value is -1.76. The van der Waals surface area contributed by atoms with Gasteiger partial charge < -0.3 is 11.5 Å². The quantitative estimate of drug-likeness (QED) is 0.777. The Morgan fingerprint density at radius 2 is 2.00 bits per heavy atom. The third-order valence-electron chi connectivity index (χ3n) is 2.22. The Balaban J connectivity index is 2.75. The van der Waals surface area contributed by atoms with Crippen LogP contribution in [0.25, 0.3) is 5.52 Å². The molecule has 0 saturated carbocycles. The van der Waals surface area contributed by atoms with E-state index in [-0.39, 0.29) is 17.9 Å². The molecule has 0 spiro atoms. The lowest BCUT2D eigenvalue weighted by atomic mass is 10.2. The zero-order chi connectivity index (χ0) is 11.9. The zero-order valence-corrected chi connectivity index (χ0v) is 8.12. The Bertz CT molecular complexity index is 529. The normalized spacial score (nSPS) is 12.2. The first-order chi connectivity index (χ1) is 7.43. The van der Waals surface area contributed by atoms with E-state index >= 15 is 0 Å². The van der Waals surface area contributed by atoms with Crippen LogP contribution in [0.15, 0.2) is 18.3 Å². The largest absolute Gasteiger partial charge is 0.450 e. The smallest absolute Gasteiger partial charge is 0.382 e. The first kappa shape index (κ1) is 10.7. The molecule has 0 aliphatic rings. The minimum Gasteiger partial charge on any atom is -0.382 e. The maximum absolute atomic E-state index is 12.6. The Labute approximate surface area is 88.7 Å². The van der Waals surface area contributed by atoms with Gasteiger partial charge in [0.1, 0.15) is 5.82 Å². The van der Waals surface area contributed by atoms with Gasteiger partial charge in [0.15, 0.2) is 0 Å². The van der Waals surface area contributed by atoms with E-state index in [0.717, 1.165) is 4.40 Å². The van der Waals surface area contributed by atoms with Crippen LogP contribution in [0.3, 0.4) is 0 Å². The van der Waals surface area contributed by atoms with Crippen molar-refractivity contribution in [3.8, 4) is 0 Å². The number of pyridine rings is 1. The highest BCUT2D eigenvalue weighted by Gasteiger charge is 2.36. The molecule has 4 nitrogen and oxygen atoms in total. The van der Waals surface area contributed by atoms with E-state index in [1.807, 2.05) is 0 Å². The van der Waals surface area contributed by atoms with Crippen LogP contribution in [0.2, 0.25) is 0 Å². The number of anilines is 1. The van der Waals surface area contributed by atoms with E-state index in [1.54, 1.807) is 6.07 Å². The fourth-order valence-electron chi connectivity index (χ4n) is 1.47. The molecule has 0 aromatic carbocycles. The lowest BCUT2D eigenvalue weighted by molar-refractivity contribution is -0.145. The van der Waals surface area contributed by atoms with Gasteiger partial charge in [-0.2, -0.15) is 13.2 Å². The van der Waals surface area contributed by atoms with Crippen LogP contribution in [-0.2, 0) is 12.7 Å². The lowest BCUT2D eigenvalue weighted by Crippen LogP contribution is -2.11. The minimum atomic E-state index is -4.53. The maximum atomic E-state index is 12.6. The molecular formula is C9H9F3N4. The summed E-state index contributed by atoms with van der Waals surface area (Å²) in [6, 6.07) is 3.09. The molecule has 2 aromatic rings. The van der Waals surface area contributed by atoms with Crippen molar-refractivity contribution in [2.45, 2.75) is 12.7 Å². The van der Waals surface area contributed by atoms with Crippen LogP contribution in [-0.4, -0.2) is 9.38 Å². The van der Waals surface area contributed by atoms with Crippen molar-refractivity contribution < 1.29 is 13.2 Å². The molecule has 0 aliphatic heterocycles. The third kappa shape index (κ3) is 1.58. The molecule has 2 rings (SSSR count). The van der Waals surface area contributed by atoms with Crippen LogP contribution in [0.4, 0.5) is 19.0 Å². The van der Waals surface area contributed by atoms with E-state index in [9.17, 15) is 13.2 Å². The van der Waals surface area contributed by atoms with Crippen molar-refractivity contribution in [1.29, 1.82) is 0 Å². The van der Waals surface area contributed by atoms with Crippen molar-refractivity contribution in [1.82, 2.24) is 9.38 Å². The molecule has 16 heavy (non-hydrogen) atoms. The fraction of sp³-hybridized carbons (Fsp3) is 0.222. The first-order valence-electron chi connectivity index (χ1n) is 4.47. The predicted octanol–water partition coefficient (Wildman–Crippen LogP) is 1.39. The molecule has 4 N–H and O–H groups in total. The minimum absolute atomic E-state index is 0.143. The van der Waals surface area contributed by atoms with Crippen molar-refractivity contribution in [2.75, 3.05) is 5.73 Å². The van der Waals surface area contributed by atoms with E-state index < -0.39 is 12.0 Å². The molecule has 0 unspecified atom stereocenters. The van der Waals surface area contributed by atoms with Crippen LogP contribution < -0.4 is 11.5 Å². The van der Waals surface area contributed by atoms with Gasteiger partial charge in [0.25, 0.3) is 0 Å². The number of halogens is 3. The monoisotopic (exact) mass is 230 g/mol. The fourth-order valence-corrected chi connectivity index (χ4v) is 1.47. The summed E-state index contributed by atoms with van der Waals surface area (Å²) in [6.45, 7) is 0.158. The van der Waals surface area contributed by atoms with Crippen LogP contribution >= 0.6 is 0 Å². The van der Waals surface area contributed by atoms with E-state index in [2.05, 4.69) is 4.98 Å². The van der Waals surface area contributed by atoms with Crippen molar-refractivity contribution >= 4 is 11.3 Å². The van der Waals surface area contributed by atoms with Crippen molar-refractivity contribution in [3.63, 3.8) is 0 Å². The number of hydrogen-bond donors (Lipinski definition) is 2. The van der Waals surface area contributed by atoms with E-state index in [1.165, 1.54) is 12.3 Å². The van der Waals surface area contributed by atoms with E-state index in [4.69, 9.17) is 11.5 Å². The number of hydrogen-bond acceptors (Lipinski definition) is 3. The average Bonchev–Trinajstić information content (AvgIpc) is 2.55. The molecule has 2 heterocycles. The summed E-state index contributed by atoms with van der Waals surface area (Å²) in [5.41, 5.74) is 11.6. The van der Waals surface area contributed by atoms with E-state index in [0.29, 0.717) is 5.56 Å². The summed E-state index contributed by atoms with van der Waals surface area (Å²) in [7, 11) is 0. The van der Waals surface area contributed by atoms with Crippen LogP contribution in [0.1, 0.15) is 11.4 Å². The van der Waals surface area contributed by atoms with Gasteiger partial charge in [-0.3, -0.25) is 4.40 Å². The molecule has 0 radical (unpaired) electrons. The number of aromatic nitrogens is 2. The third-order valence-corrected chi connectivity index (χ3v) is 2.22. The molecular weight excluding hydrogens is 221 g/mol.